The third-order valence-electron chi connectivity index (χ3n) is 3.13. The molecule has 0 spiro atoms. The second-order valence-corrected chi connectivity index (χ2v) is 6.86. The van der Waals surface area contributed by atoms with Gasteiger partial charge in [-0.05, 0) is 36.6 Å². The number of nitrogens with one attached hydrogen (secondary N) is 1. The molecule has 122 valence electrons. The van der Waals surface area contributed by atoms with Crippen molar-refractivity contribution in [3.8, 4) is 0 Å². The van der Waals surface area contributed by atoms with Crippen LogP contribution in [0.15, 0.2) is 23.1 Å². The van der Waals surface area contributed by atoms with Crippen molar-refractivity contribution in [3.05, 3.63) is 29.3 Å². The largest absolute Gasteiger partial charge is 0.480 e. The molecule has 8 heteroatoms. The lowest BCUT2D eigenvalue weighted by molar-refractivity contribution is -0.140. The first-order valence-corrected chi connectivity index (χ1v) is 8.02. The molecule has 0 bridgehead atoms. The minimum atomic E-state index is -4.00. The van der Waals surface area contributed by atoms with Crippen LogP contribution in [0.3, 0.4) is 0 Å². The van der Waals surface area contributed by atoms with Gasteiger partial charge in [-0.1, -0.05) is 13.8 Å². The van der Waals surface area contributed by atoms with Crippen molar-refractivity contribution in [1.82, 2.24) is 4.72 Å². The zero-order chi connectivity index (χ0) is 17.1. The van der Waals surface area contributed by atoms with E-state index >= 15 is 0 Å². The predicted octanol–water partition coefficient (Wildman–Crippen LogP) is 1.17. The summed E-state index contributed by atoms with van der Waals surface area (Å²) in [5.74, 6) is -2.23. The molecule has 0 aliphatic rings. The Hall–Kier alpha value is -1.93. The van der Waals surface area contributed by atoms with Gasteiger partial charge in [0.2, 0.25) is 10.0 Å². The molecule has 0 heterocycles. The zero-order valence-corrected chi connectivity index (χ0v) is 13.6. The van der Waals surface area contributed by atoms with Crippen molar-refractivity contribution in [2.24, 2.45) is 5.92 Å². The van der Waals surface area contributed by atoms with E-state index in [-0.39, 0.29) is 10.5 Å². The van der Waals surface area contributed by atoms with Gasteiger partial charge in [-0.3, -0.25) is 4.79 Å². The van der Waals surface area contributed by atoms with Gasteiger partial charge in [-0.2, -0.15) is 4.72 Å². The molecule has 2 N–H and O–H groups in total. The number of benzene rings is 1. The average molecular weight is 329 g/mol. The van der Waals surface area contributed by atoms with Crippen LogP contribution in [0.2, 0.25) is 0 Å². The molecule has 22 heavy (non-hydrogen) atoms. The van der Waals surface area contributed by atoms with E-state index in [4.69, 9.17) is 5.11 Å². The van der Waals surface area contributed by atoms with Gasteiger partial charge >= 0.3 is 11.9 Å². The highest BCUT2D eigenvalue weighted by molar-refractivity contribution is 7.89. The van der Waals surface area contributed by atoms with Crippen LogP contribution in [0, 0.1) is 12.8 Å². The summed E-state index contributed by atoms with van der Waals surface area (Å²) in [6.45, 7) is 4.78. The molecule has 1 atom stereocenters. The minimum Gasteiger partial charge on any atom is -0.480 e. The summed E-state index contributed by atoms with van der Waals surface area (Å²) in [7, 11) is -2.77. The maximum atomic E-state index is 12.3. The number of methoxy groups -OCH3 is 1. The average Bonchev–Trinajstić information content (AvgIpc) is 2.43. The molecule has 0 saturated heterocycles. The fourth-order valence-electron chi connectivity index (χ4n) is 1.85. The fourth-order valence-corrected chi connectivity index (χ4v) is 3.27. The second-order valence-electron chi connectivity index (χ2n) is 5.15. The molecule has 0 aliphatic carbocycles. The molecule has 1 aromatic rings. The molecule has 0 aromatic heterocycles. The third kappa shape index (κ3) is 4.05. The van der Waals surface area contributed by atoms with E-state index in [0.29, 0.717) is 5.56 Å². The van der Waals surface area contributed by atoms with Crippen LogP contribution in [0.5, 0.6) is 0 Å². The van der Waals surface area contributed by atoms with E-state index in [1.807, 2.05) is 0 Å². The normalized spacial score (nSPS) is 13.0. The Balaban J connectivity index is 3.16. The molecular weight excluding hydrogens is 310 g/mol. The highest BCUT2D eigenvalue weighted by Crippen LogP contribution is 2.17. The third-order valence-corrected chi connectivity index (χ3v) is 4.57. The quantitative estimate of drug-likeness (QED) is 0.758. The second kappa shape index (κ2) is 6.89. The molecule has 0 aliphatic heterocycles. The number of rotatable bonds is 6. The number of carboxylic acids is 1. The molecule has 7 nitrogen and oxygen atoms in total. The number of carbonyl (C=O) groups excluding carboxylic acids is 1. The summed E-state index contributed by atoms with van der Waals surface area (Å²) in [6.07, 6.45) is 0. The summed E-state index contributed by atoms with van der Waals surface area (Å²) in [5, 5.41) is 9.07. The van der Waals surface area contributed by atoms with Crippen LogP contribution in [0.25, 0.3) is 0 Å². The van der Waals surface area contributed by atoms with Crippen LogP contribution < -0.4 is 4.72 Å². The monoisotopic (exact) mass is 329 g/mol. The van der Waals surface area contributed by atoms with Crippen LogP contribution in [-0.2, 0) is 19.6 Å². The van der Waals surface area contributed by atoms with Crippen molar-refractivity contribution < 1.29 is 27.9 Å². The number of aryl methyl sites for hydroxylation is 1. The van der Waals surface area contributed by atoms with Gasteiger partial charge < -0.3 is 9.84 Å². The van der Waals surface area contributed by atoms with Gasteiger partial charge in [0.1, 0.15) is 6.04 Å². The number of aliphatic carboxylic acids is 1. The van der Waals surface area contributed by atoms with Crippen molar-refractivity contribution in [2.75, 3.05) is 7.11 Å². The van der Waals surface area contributed by atoms with Crippen LogP contribution in [0.1, 0.15) is 29.8 Å². The Kier molecular flexibility index (Phi) is 5.67. The number of carbonyl (C=O) groups is 2. The van der Waals surface area contributed by atoms with Crippen LogP contribution in [-0.4, -0.2) is 38.6 Å². The first-order chi connectivity index (χ1) is 10.1. The number of sulfonamides is 1. The van der Waals surface area contributed by atoms with E-state index in [1.54, 1.807) is 20.8 Å². The molecule has 0 fully saturated rings. The molecular formula is C14H19NO6S. The lowest BCUT2D eigenvalue weighted by Gasteiger charge is -2.18. The van der Waals surface area contributed by atoms with Gasteiger partial charge in [-0.15, -0.1) is 0 Å². The maximum Gasteiger partial charge on any atom is 0.338 e. The number of ether oxygens (including phenoxy) is 1. The van der Waals surface area contributed by atoms with Crippen molar-refractivity contribution >= 4 is 22.0 Å². The van der Waals surface area contributed by atoms with E-state index in [1.165, 1.54) is 25.3 Å². The van der Waals surface area contributed by atoms with Gasteiger partial charge in [0.25, 0.3) is 0 Å². The minimum absolute atomic E-state index is 0.107. The molecule has 1 aromatic carbocycles. The van der Waals surface area contributed by atoms with Gasteiger partial charge in [0.15, 0.2) is 0 Å². The number of hydrogen-bond acceptors (Lipinski definition) is 5. The number of carboxylic acid groups (broad SMARTS) is 1. The Morgan fingerprint density at radius 1 is 1.27 bits per heavy atom. The SMILES string of the molecule is COC(=O)c1ccc(S(=O)(=O)N[C@@H](C(=O)O)C(C)C)cc1C. The summed E-state index contributed by atoms with van der Waals surface area (Å²) in [5.41, 5.74) is 0.672. The van der Waals surface area contributed by atoms with Gasteiger partial charge in [0.05, 0.1) is 17.6 Å². The standard InChI is InChI=1S/C14H19NO6S/c1-8(2)12(13(16)17)15-22(19,20)10-5-6-11(9(3)7-10)14(18)21-4/h5-8,12,15H,1-4H3,(H,16,17)/t12-/m1/s1. The van der Waals surface area contributed by atoms with E-state index in [9.17, 15) is 18.0 Å². The highest BCUT2D eigenvalue weighted by Gasteiger charge is 2.28. The van der Waals surface area contributed by atoms with E-state index in [2.05, 4.69) is 9.46 Å². The highest BCUT2D eigenvalue weighted by atomic mass is 32.2. The summed E-state index contributed by atoms with van der Waals surface area (Å²) in [4.78, 5) is 22.5. The van der Waals surface area contributed by atoms with Crippen molar-refractivity contribution in [3.63, 3.8) is 0 Å². The smallest absolute Gasteiger partial charge is 0.338 e. The zero-order valence-electron chi connectivity index (χ0n) is 12.8. The lowest BCUT2D eigenvalue weighted by Crippen LogP contribution is -2.44. The molecule has 0 radical (unpaired) electrons. The van der Waals surface area contributed by atoms with E-state index in [0.717, 1.165) is 0 Å². The summed E-state index contributed by atoms with van der Waals surface area (Å²) < 4.78 is 31.3. The first-order valence-electron chi connectivity index (χ1n) is 6.54. The summed E-state index contributed by atoms with van der Waals surface area (Å²) in [6, 6.07) is 2.64. The summed E-state index contributed by atoms with van der Waals surface area (Å²) >= 11 is 0. The number of hydrogen-bond donors (Lipinski definition) is 2. The lowest BCUT2D eigenvalue weighted by atomic mass is 10.1. The Morgan fingerprint density at radius 2 is 1.86 bits per heavy atom. The Morgan fingerprint density at radius 3 is 2.27 bits per heavy atom. The van der Waals surface area contributed by atoms with Crippen molar-refractivity contribution in [2.45, 2.75) is 31.7 Å². The molecule has 0 unspecified atom stereocenters. The molecule has 1 rings (SSSR count). The first kappa shape index (κ1) is 18.1. The van der Waals surface area contributed by atoms with Gasteiger partial charge in [-0.25, -0.2) is 13.2 Å². The van der Waals surface area contributed by atoms with E-state index < -0.39 is 33.9 Å². The van der Waals surface area contributed by atoms with Crippen molar-refractivity contribution in [1.29, 1.82) is 0 Å². The number of esters is 1. The Labute approximate surface area is 129 Å². The fraction of sp³-hybridized carbons (Fsp3) is 0.429. The topological polar surface area (TPSA) is 110 Å². The van der Waals surface area contributed by atoms with Gasteiger partial charge in [0, 0.05) is 0 Å². The maximum absolute atomic E-state index is 12.3. The Bertz CT molecular complexity index is 681. The molecule has 0 amide bonds. The van der Waals surface area contributed by atoms with Crippen LogP contribution >= 0.6 is 0 Å². The predicted molar refractivity (Wildman–Crippen MR) is 79.1 cm³/mol. The van der Waals surface area contributed by atoms with Crippen LogP contribution in [0.4, 0.5) is 0 Å². The molecule has 0 saturated carbocycles.